The molecule has 9 nitrogen and oxygen atoms in total. The molecule has 0 bridgehead atoms. The van der Waals surface area contributed by atoms with Gasteiger partial charge in [-0.2, -0.15) is 5.10 Å². The average Bonchev–Trinajstić information content (AvgIpc) is 3.42. The number of fused-ring (bicyclic) bond motifs is 1. The standard InChI is InChI=1S/C29H39N5O4/c1-28(2,3)37-26(35)33(27(36)38-29(4,5)6)16-18-14-20(15-18)34-17-21(25(31-34)19-8-9-19)22-10-11-24-23(30-22)12-13-32(24)7/h10-13,17-20H,8-9,14-16H2,1-7H3. The summed E-state index contributed by atoms with van der Waals surface area (Å²) in [7, 11) is 2.02. The fourth-order valence-electron chi connectivity index (χ4n) is 4.93. The Kier molecular flexibility index (Phi) is 6.52. The van der Waals surface area contributed by atoms with Gasteiger partial charge in [-0.3, -0.25) is 4.68 Å². The topological polar surface area (TPSA) is 91.5 Å². The molecule has 0 N–H and O–H groups in total. The number of hydrogen-bond acceptors (Lipinski definition) is 6. The molecule has 204 valence electrons. The zero-order valence-electron chi connectivity index (χ0n) is 23.5. The third kappa shape index (κ3) is 5.71. The third-order valence-electron chi connectivity index (χ3n) is 6.99. The van der Waals surface area contributed by atoms with E-state index in [1.54, 1.807) is 41.5 Å². The fraction of sp³-hybridized carbons (Fsp3) is 0.586. The summed E-state index contributed by atoms with van der Waals surface area (Å²) in [5, 5.41) is 5.01. The van der Waals surface area contributed by atoms with Gasteiger partial charge in [0.15, 0.2) is 0 Å². The van der Waals surface area contributed by atoms with E-state index in [1.807, 2.05) is 19.3 Å². The molecule has 38 heavy (non-hydrogen) atoms. The van der Waals surface area contributed by atoms with E-state index in [9.17, 15) is 9.59 Å². The summed E-state index contributed by atoms with van der Waals surface area (Å²) in [6, 6.07) is 6.45. The van der Waals surface area contributed by atoms with Crippen LogP contribution >= 0.6 is 0 Å². The number of imide groups is 1. The maximum atomic E-state index is 12.9. The van der Waals surface area contributed by atoms with E-state index < -0.39 is 23.4 Å². The van der Waals surface area contributed by atoms with Crippen LogP contribution in [0, 0.1) is 5.92 Å². The summed E-state index contributed by atoms with van der Waals surface area (Å²) < 4.78 is 15.2. The van der Waals surface area contributed by atoms with E-state index in [2.05, 4.69) is 27.6 Å². The minimum atomic E-state index is -0.707. The minimum Gasteiger partial charge on any atom is -0.443 e. The van der Waals surface area contributed by atoms with E-state index >= 15 is 0 Å². The number of ether oxygens (including phenoxy) is 2. The first kappa shape index (κ1) is 26.3. The molecule has 2 fully saturated rings. The number of carbonyl (C=O) groups is 2. The zero-order chi connectivity index (χ0) is 27.4. The highest BCUT2D eigenvalue weighted by Crippen LogP contribution is 2.46. The van der Waals surface area contributed by atoms with Crippen LogP contribution in [0.1, 0.15) is 84.9 Å². The molecule has 0 aliphatic heterocycles. The Morgan fingerprint density at radius 3 is 2.21 bits per heavy atom. The van der Waals surface area contributed by atoms with Gasteiger partial charge >= 0.3 is 12.2 Å². The summed E-state index contributed by atoms with van der Waals surface area (Å²) in [6.07, 6.45) is 6.77. The Hall–Kier alpha value is -3.36. The van der Waals surface area contributed by atoms with Crippen molar-refractivity contribution in [3.8, 4) is 11.3 Å². The van der Waals surface area contributed by atoms with E-state index in [0.717, 1.165) is 58.6 Å². The molecule has 0 radical (unpaired) electrons. The van der Waals surface area contributed by atoms with Gasteiger partial charge in [0.05, 0.1) is 28.5 Å². The molecule has 2 aliphatic rings. The largest absolute Gasteiger partial charge is 0.443 e. The quantitative estimate of drug-likeness (QED) is 0.384. The second kappa shape index (κ2) is 9.43. The number of pyridine rings is 1. The molecule has 2 saturated carbocycles. The molecule has 0 unspecified atom stereocenters. The van der Waals surface area contributed by atoms with Crippen LogP contribution in [0.15, 0.2) is 30.6 Å². The molecule has 0 aromatic carbocycles. The number of amides is 2. The summed E-state index contributed by atoms with van der Waals surface area (Å²) in [6.45, 7) is 11.0. The molecular weight excluding hydrogens is 482 g/mol. The first-order valence-corrected chi connectivity index (χ1v) is 13.5. The Bertz CT molecular complexity index is 1320. The highest BCUT2D eigenvalue weighted by molar-refractivity contribution is 5.88. The van der Waals surface area contributed by atoms with Crippen molar-refractivity contribution in [2.45, 2.75) is 90.4 Å². The van der Waals surface area contributed by atoms with Crippen molar-refractivity contribution in [2.24, 2.45) is 13.0 Å². The number of aryl methyl sites for hydroxylation is 1. The molecule has 0 spiro atoms. The molecule has 9 heteroatoms. The van der Waals surface area contributed by atoms with Crippen molar-refractivity contribution < 1.29 is 19.1 Å². The Balaban J connectivity index is 1.30. The molecule has 5 rings (SSSR count). The minimum absolute atomic E-state index is 0.149. The third-order valence-corrected chi connectivity index (χ3v) is 6.99. The number of rotatable bonds is 5. The van der Waals surface area contributed by atoms with Crippen LogP contribution in [0.5, 0.6) is 0 Å². The van der Waals surface area contributed by atoms with Gasteiger partial charge in [0.25, 0.3) is 0 Å². The van der Waals surface area contributed by atoms with Crippen LogP contribution in [0.2, 0.25) is 0 Å². The van der Waals surface area contributed by atoms with Crippen molar-refractivity contribution in [1.29, 1.82) is 0 Å². The Morgan fingerprint density at radius 2 is 1.63 bits per heavy atom. The molecule has 0 saturated heterocycles. The molecule has 3 aromatic heterocycles. The number of hydrogen-bond donors (Lipinski definition) is 0. The van der Waals surface area contributed by atoms with Crippen LogP contribution in [-0.2, 0) is 16.5 Å². The van der Waals surface area contributed by atoms with Crippen molar-refractivity contribution in [3.63, 3.8) is 0 Å². The summed E-state index contributed by atoms with van der Waals surface area (Å²) >= 11 is 0. The SMILES string of the molecule is Cn1ccc2nc(-c3cn(C4CC(CN(C(=O)OC(C)(C)C)C(=O)OC(C)(C)C)C4)nc3C3CC3)ccc21. The predicted molar refractivity (Wildman–Crippen MR) is 145 cm³/mol. The van der Waals surface area contributed by atoms with Gasteiger partial charge in [0, 0.05) is 37.5 Å². The van der Waals surface area contributed by atoms with Gasteiger partial charge in [-0.05, 0) is 91.3 Å². The maximum absolute atomic E-state index is 12.9. The van der Waals surface area contributed by atoms with Crippen LogP contribution in [-0.4, -0.2) is 54.2 Å². The molecule has 3 aromatic rings. The number of aromatic nitrogens is 4. The van der Waals surface area contributed by atoms with Gasteiger partial charge in [-0.15, -0.1) is 0 Å². The summed E-state index contributed by atoms with van der Waals surface area (Å²) in [5.41, 5.74) is 3.85. The fourth-order valence-corrected chi connectivity index (χ4v) is 4.93. The van der Waals surface area contributed by atoms with Crippen LogP contribution in [0.4, 0.5) is 9.59 Å². The van der Waals surface area contributed by atoms with Crippen LogP contribution in [0.25, 0.3) is 22.3 Å². The van der Waals surface area contributed by atoms with Gasteiger partial charge in [-0.1, -0.05) is 0 Å². The Labute approximate surface area is 224 Å². The average molecular weight is 522 g/mol. The highest BCUT2D eigenvalue weighted by Gasteiger charge is 2.39. The molecule has 2 amide bonds. The molecule has 0 atom stereocenters. The van der Waals surface area contributed by atoms with Crippen molar-refractivity contribution in [2.75, 3.05) is 6.54 Å². The molecule has 3 heterocycles. The van der Waals surface area contributed by atoms with Gasteiger partial charge in [0.2, 0.25) is 0 Å². The van der Waals surface area contributed by atoms with Crippen LogP contribution in [0.3, 0.4) is 0 Å². The second-order valence-corrected chi connectivity index (χ2v) is 12.8. The second-order valence-electron chi connectivity index (χ2n) is 12.8. The van der Waals surface area contributed by atoms with Crippen molar-refractivity contribution in [1.82, 2.24) is 24.2 Å². The predicted octanol–water partition coefficient (Wildman–Crippen LogP) is 6.44. The lowest BCUT2D eigenvalue weighted by Crippen LogP contribution is -2.47. The normalized spacial score (nSPS) is 19.8. The Morgan fingerprint density at radius 1 is 1.00 bits per heavy atom. The van der Waals surface area contributed by atoms with Gasteiger partial charge in [0.1, 0.15) is 11.2 Å². The highest BCUT2D eigenvalue weighted by atomic mass is 16.6. The van der Waals surface area contributed by atoms with Crippen molar-refractivity contribution >= 4 is 23.2 Å². The lowest BCUT2D eigenvalue weighted by molar-refractivity contribution is -0.00641. The first-order valence-electron chi connectivity index (χ1n) is 13.5. The first-order chi connectivity index (χ1) is 17.8. The van der Waals surface area contributed by atoms with Gasteiger partial charge in [-0.25, -0.2) is 19.5 Å². The van der Waals surface area contributed by atoms with E-state index in [-0.39, 0.29) is 18.5 Å². The smallest absolute Gasteiger partial charge is 0.419 e. The van der Waals surface area contributed by atoms with E-state index in [4.69, 9.17) is 19.6 Å². The summed E-state index contributed by atoms with van der Waals surface area (Å²) in [5.74, 6) is 0.640. The van der Waals surface area contributed by atoms with E-state index in [1.165, 1.54) is 0 Å². The number of carbonyl (C=O) groups excluding carboxylic acids is 2. The molecule has 2 aliphatic carbocycles. The molecular formula is C29H39N5O4. The lowest BCUT2D eigenvalue weighted by atomic mass is 9.80. The summed E-state index contributed by atoms with van der Waals surface area (Å²) in [4.78, 5) is 31.8. The van der Waals surface area contributed by atoms with Crippen molar-refractivity contribution in [3.05, 3.63) is 36.3 Å². The monoisotopic (exact) mass is 521 g/mol. The zero-order valence-corrected chi connectivity index (χ0v) is 23.5. The number of nitrogens with zero attached hydrogens (tertiary/aromatic N) is 5. The van der Waals surface area contributed by atoms with E-state index in [0.29, 0.717) is 5.92 Å². The van der Waals surface area contributed by atoms with Crippen LogP contribution < -0.4 is 0 Å². The van der Waals surface area contributed by atoms with Gasteiger partial charge < -0.3 is 14.0 Å². The lowest BCUT2D eigenvalue weighted by Gasteiger charge is -2.38. The maximum Gasteiger partial charge on any atom is 0.419 e.